The van der Waals surface area contributed by atoms with E-state index in [-0.39, 0.29) is 30.2 Å². The zero-order chi connectivity index (χ0) is 23.1. The van der Waals surface area contributed by atoms with Gasteiger partial charge >= 0.3 is 0 Å². The van der Waals surface area contributed by atoms with Crippen LogP contribution in [-0.2, 0) is 10.0 Å². The first-order chi connectivity index (χ1) is 15.2. The number of nitrogens with zero attached hydrogens (tertiary/aromatic N) is 1. The van der Waals surface area contributed by atoms with Crippen molar-refractivity contribution in [2.45, 2.75) is 36.7 Å². The van der Waals surface area contributed by atoms with E-state index in [1.807, 2.05) is 13.0 Å². The van der Waals surface area contributed by atoms with Crippen molar-refractivity contribution in [3.05, 3.63) is 41.5 Å². The van der Waals surface area contributed by atoms with Gasteiger partial charge in [0.25, 0.3) is 0 Å². The van der Waals surface area contributed by atoms with E-state index in [0.29, 0.717) is 41.4 Å². The van der Waals surface area contributed by atoms with Gasteiger partial charge < -0.3 is 18.9 Å². The number of ketones is 1. The maximum absolute atomic E-state index is 13.3. The number of hydrogen-bond acceptors (Lipinski definition) is 7. The molecule has 0 amide bonds. The van der Waals surface area contributed by atoms with E-state index in [1.54, 1.807) is 24.3 Å². The molecule has 2 heterocycles. The van der Waals surface area contributed by atoms with Crippen molar-refractivity contribution in [2.75, 3.05) is 34.4 Å². The van der Waals surface area contributed by atoms with Gasteiger partial charge in [-0.3, -0.25) is 4.79 Å². The van der Waals surface area contributed by atoms with E-state index in [4.69, 9.17) is 18.9 Å². The molecule has 0 unspecified atom stereocenters. The van der Waals surface area contributed by atoms with E-state index < -0.39 is 15.6 Å². The molecule has 0 atom stereocenters. The van der Waals surface area contributed by atoms with Crippen LogP contribution in [0.5, 0.6) is 23.0 Å². The number of aryl methyl sites for hydroxylation is 1. The fourth-order valence-corrected chi connectivity index (χ4v) is 6.07. The number of methoxy groups -OCH3 is 3. The summed E-state index contributed by atoms with van der Waals surface area (Å²) in [5.41, 5.74) is 0.474. The largest absolute Gasteiger partial charge is 0.496 e. The van der Waals surface area contributed by atoms with Crippen molar-refractivity contribution in [3.63, 3.8) is 0 Å². The molecule has 2 aromatic rings. The molecule has 0 radical (unpaired) electrons. The molecule has 1 saturated heterocycles. The van der Waals surface area contributed by atoms with Crippen LogP contribution in [0.2, 0.25) is 0 Å². The van der Waals surface area contributed by atoms with Crippen LogP contribution in [0, 0.1) is 6.92 Å². The zero-order valence-corrected chi connectivity index (χ0v) is 19.5. The van der Waals surface area contributed by atoms with E-state index in [2.05, 4.69) is 0 Å². The van der Waals surface area contributed by atoms with Gasteiger partial charge in [0.05, 0.1) is 27.8 Å². The van der Waals surface area contributed by atoms with Crippen LogP contribution in [0.15, 0.2) is 35.2 Å². The van der Waals surface area contributed by atoms with Crippen LogP contribution in [0.3, 0.4) is 0 Å². The Morgan fingerprint density at radius 1 is 0.969 bits per heavy atom. The first-order valence-electron chi connectivity index (χ1n) is 10.4. The molecule has 0 bridgehead atoms. The summed E-state index contributed by atoms with van der Waals surface area (Å²) in [5, 5.41) is 0. The summed E-state index contributed by atoms with van der Waals surface area (Å²) in [5.74, 6) is 1.58. The number of carbonyl (C=O) groups is 1. The van der Waals surface area contributed by atoms with Crippen molar-refractivity contribution in [1.29, 1.82) is 0 Å². The summed E-state index contributed by atoms with van der Waals surface area (Å²) in [6.45, 7) is 2.32. The lowest BCUT2D eigenvalue weighted by atomic mass is 9.82. The Bertz CT molecular complexity index is 1150. The third-order valence-electron chi connectivity index (χ3n) is 6.15. The topological polar surface area (TPSA) is 91.4 Å². The Morgan fingerprint density at radius 2 is 1.66 bits per heavy atom. The molecule has 9 heteroatoms. The summed E-state index contributed by atoms with van der Waals surface area (Å²) in [7, 11) is 0.732. The highest BCUT2D eigenvalue weighted by atomic mass is 32.2. The molecule has 2 aliphatic heterocycles. The van der Waals surface area contributed by atoms with E-state index >= 15 is 0 Å². The van der Waals surface area contributed by atoms with Crippen LogP contribution in [0.1, 0.15) is 35.2 Å². The van der Waals surface area contributed by atoms with Gasteiger partial charge in [-0.1, -0.05) is 6.07 Å². The molecule has 0 saturated carbocycles. The average Bonchev–Trinajstić information content (AvgIpc) is 2.78. The lowest BCUT2D eigenvalue weighted by molar-refractivity contribution is 0.00537. The summed E-state index contributed by atoms with van der Waals surface area (Å²) < 4.78 is 50.4. The number of carbonyl (C=O) groups excluding carboxylic acids is 1. The van der Waals surface area contributed by atoms with Crippen LogP contribution >= 0.6 is 0 Å². The number of hydrogen-bond donors (Lipinski definition) is 0. The molecule has 0 aromatic heterocycles. The predicted octanol–water partition coefficient (Wildman–Crippen LogP) is 3.21. The minimum Gasteiger partial charge on any atom is -0.496 e. The molecule has 2 aromatic carbocycles. The Hall–Kier alpha value is -2.78. The van der Waals surface area contributed by atoms with E-state index in [9.17, 15) is 13.2 Å². The second-order valence-corrected chi connectivity index (χ2v) is 10.1. The fraction of sp³-hybridized carbons (Fsp3) is 0.435. The normalized spacial score (nSPS) is 18.1. The standard InChI is InChI=1S/C23H27NO7S/c1-15-5-6-18(29-3)21(11-15)32(26,27)24-9-7-23(8-10-24)14-17(25)22-19(30-4)12-16(28-2)13-20(22)31-23/h5-6,11-13H,7-10,14H2,1-4H3. The van der Waals surface area contributed by atoms with Gasteiger partial charge in [0, 0.05) is 38.1 Å². The Kier molecular flexibility index (Phi) is 5.81. The first-order valence-corrected chi connectivity index (χ1v) is 11.8. The summed E-state index contributed by atoms with van der Waals surface area (Å²) >= 11 is 0. The van der Waals surface area contributed by atoms with Gasteiger partial charge in [0.15, 0.2) is 5.78 Å². The Morgan fingerprint density at radius 3 is 2.28 bits per heavy atom. The smallest absolute Gasteiger partial charge is 0.246 e. The molecular weight excluding hydrogens is 434 g/mol. The maximum Gasteiger partial charge on any atom is 0.246 e. The second kappa shape index (κ2) is 8.29. The highest BCUT2D eigenvalue weighted by Gasteiger charge is 2.46. The molecule has 4 rings (SSSR count). The predicted molar refractivity (Wildman–Crippen MR) is 118 cm³/mol. The molecule has 1 fully saturated rings. The Labute approximate surface area is 188 Å². The van der Waals surface area contributed by atoms with Gasteiger partial charge in [-0.2, -0.15) is 4.31 Å². The second-order valence-electron chi connectivity index (χ2n) is 8.15. The zero-order valence-electron chi connectivity index (χ0n) is 18.6. The number of sulfonamides is 1. The minimum absolute atomic E-state index is 0.0811. The summed E-state index contributed by atoms with van der Waals surface area (Å²) in [6, 6.07) is 8.42. The molecule has 8 nitrogen and oxygen atoms in total. The van der Waals surface area contributed by atoms with Crippen molar-refractivity contribution in [3.8, 4) is 23.0 Å². The van der Waals surface area contributed by atoms with Gasteiger partial charge in [-0.15, -0.1) is 0 Å². The molecule has 172 valence electrons. The molecule has 0 N–H and O–H groups in total. The SMILES string of the molecule is COc1cc(OC)c2c(c1)OC1(CCN(S(=O)(=O)c3cc(C)ccc3OC)CC1)CC2=O. The monoisotopic (exact) mass is 461 g/mol. The van der Waals surface area contributed by atoms with Gasteiger partial charge in [0.1, 0.15) is 39.1 Å². The van der Waals surface area contributed by atoms with Crippen molar-refractivity contribution >= 4 is 15.8 Å². The van der Waals surface area contributed by atoms with E-state index in [1.165, 1.54) is 25.6 Å². The highest BCUT2D eigenvalue weighted by Crippen LogP contribution is 2.45. The summed E-state index contributed by atoms with van der Waals surface area (Å²) in [6.07, 6.45) is 0.959. The van der Waals surface area contributed by atoms with E-state index in [0.717, 1.165) is 5.56 Å². The maximum atomic E-state index is 13.3. The minimum atomic E-state index is -3.75. The molecule has 32 heavy (non-hydrogen) atoms. The highest BCUT2D eigenvalue weighted by molar-refractivity contribution is 7.89. The average molecular weight is 462 g/mol. The van der Waals surface area contributed by atoms with Crippen LogP contribution in [0.25, 0.3) is 0 Å². The first kappa shape index (κ1) is 22.4. The lowest BCUT2D eigenvalue weighted by Gasteiger charge is -2.43. The molecule has 1 spiro atoms. The van der Waals surface area contributed by atoms with Crippen LogP contribution in [-0.4, -0.2) is 58.5 Å². The third kappa shape index (κ3) is 3.80. The number of fused-ring (bicyclic) bond motifs is 1. The van der Waals surface area contributed by atoms with Crippen molar-refractivity contribution in [2.24, 2.45) is 0 Å². The van der Waals surface area contributed by atoms with Crippen molar-refractivity contribution < 1.29 is 32.2 Å². The molecule has 2 aliphatic rings. The van der Waals surface area contributed by atoms with Gasteiger partial charge in [-0.25, -0.2) is 8.42 Å². The number of ether oxygens (including phenoxy) is 4. The third-order valence-corrected chi connectivity index (χ3v) is 8.07. The van der Waals surface area contributed by atoms with Crippen LogP contribution < -0.4 is 18.9 Å². The molecular formula is C23H27NO7S. The fourth-order valence-electron chi connectivity index (χ4n) is 4.39. The number of piperidine rings is 1. The van der Waals surface area contributed by atoms with Gasteiger partial charge in [0.2, 0.25) is 10.0 Å². The molecule has 0 aliphatic carbocycles. The summed E-state index contributed by atoms with van der Waals surface area (Å²) in [4.78, 5) is 13.2. The Balaban J connectivity index is 1.59. The van der Waals surface area contributed by atoms with Crippen molar-refractivity contribution in [1.82, 2.24) is 4.31 Å². The number of Topliss-reactive ketones (excluding diaryl/α,β-unsaturated/α-hetero) is 1. The quantitative estimate of drug-likeness (QED) is 0.675. The van der Waals surface area contributed by atoms with Gasteiger partial charge in [-0.05, 0) is 24.6 Å². The number of rotatable bonds is 5. The number of benzene rings is 2. The lowest BCUT2D eigenvalue weighted by Crippen LogP contribution is -2.52. The van der Waals surface area contributed by atoms with Crippen LogP contribution in [0.4, 0.5) is 0 Å².